The van der Waals surface area contributed by atoms with Crippen LogP contribution in [0.5, 0.6) is 0 Å². The van der Waals surface area contributed by atoms with Gasteiger partial charge in [0.1, 0.15) is 5.82 Å². The van der Waals surface area contributed by atoms with Gasteiger partial charge in [0.2, 0.25) is 11.8 Å². The zero-order valence-corrected chi connectivity index (χ0v) is 20.0. The van der Waals surface area contributed by atoms with Crippen molar-refractivity contribution >= 4 is 33.5 Å². The molecule has 2 aromatic rings. The van der Waals surface area contributed by atoms with E-state index in [2.05, 4.69) is 38.5 Å². The number of nitrogens with zero attached hydrogens (tertiary/aromatic N) is 2. The zero-order chi connectivity index (χ0) is 23.1. The summed E-state index contributed by atoms with van der Waals surface area (Å²) >= 11 is 3.81. The number of amides is 2. The van der Waals surface area contributed by atoms with E-state index in [9.17, 15) is 14.0 Å². The summed E-state index contributed by atoms with van der Waals surface area (Å²) in [4.78, 5) is 26.4. The lowest BCUT2D eigenvalue weighted by Crippen LogP contribution is -2.57. The largest absolute Gasteiger partial charge is 0.352 e. The first-order valence-electron chi connectivity index (χ1n) is 11.5. The van der Waals surface area contributed by atoms with Crippen molar-refractivity contribution in [2.45, 2.75) is 55.4 Å². The highest BCUT2D eigenvalue weighted by Gasteiger charge is 2.50. The molecule has 5 rings (SSSR count). The second-order valence-electron chi connectivity index (χ2n) is 9.30. The van der Waals surface area contributed by atoms with Crippen molar-refractivity contribution < 1.29 is 14.0 Å². The normalized spacial score (nSPS) is 31.5. The van der Waals surface area contributed by atoms with Crippen molar-refractivity contribution in [2.24, 2.45) is 16.9 Å². The Bertz CT molecular complexity index is 1090. The number of piperidine rings is 1. The quantitative estimate of drug-likeness (QED) is 0.593. The fraction of sp³-hybridized carbons (Fsp3) is 0.423. The van der Waals surface area contributed by atoms with E-state index < -0.39 is 12.0 Å². The lowest BCUT2D eigenvalue weighted by atomic mass is 9.64. The lowest BCUT2D eigenvalue weighted by Gasteiger charge is -2.46. The van der Waals surface area contributed by atoms with Crippen LogP contribution in [0.1, 0.15) is 55.7 Å². The molecule has 2 fully saturated rings. The van der Waals surface area contributed by atoms with E-state index in [1.807, 2.05) is 18.2 Å². The van der Waals surface area contributed by atoms with Crippen LogP contribution in [-0.4, -0.2) is 33.4 Å². The molecule has 3 aliphatic rings. The van der Waals surface area contributed by atoms with E-state index in [1.54, 1.807) is 18.2 Å². The third-order valence-electron chi connectivity index (χ3n) is 7.33. The van der Waals surface area contributed by atoms with Gasteiger partial charge in [-0.2, -0.15) is 5.10 Å². The second-order valence-corrected chi connectivity index (χ2v) is 10.6. The minimum absolute atomic E-state index is 0.0442. The predicted octanol–water partition coefficient (Wildman–Crippen LogP) is 4.94. The van der Waals surface area contributed by atoms with Crippen molar-refractivity contribution in [1.29, 1.82) is 0 Å². The highest BCUT2D eigenvalue weighted by molar-refractivity contribution is 9.09. The number of hydrazone groups is 1. The molecule has 1 saturated carbocycles. The van der Waals surface area contributed by atoms with Crippen LogP contribution in [0, 0.1) is 17.7 Å². The molecule has 2 aliphatic heterocycles. The SMILES string of the molecule is CC(=O)N1N=C(C2C(=O)NC3CCC(Br)CC3C2c2ccccc2)CC1c1ccccc1F. The van der Waals surface area contributed by atoms with Crippen molar-refractivity contribution in [3.63, 3.8) is 0 Å². The summed E-state index contributed by atoms with van der Waals surface area (Å²) < 4.78 is 14.7. The molecular weight excluding hydrogens is 485 g/mol. The first kappa shape index (κ1) is 22.3. The minimum Gasteiger partial charge on any atom is -0.352 e. The minimum atomic E-state index is -0.545. The maximum absolute atomic E-state index is 14.7. The summed E-state index contributed by atoms with van der Waals surface area (Å²) in [5.41, 5.74) is 2.19. The summed E-state index contributed by atoms with van der Waals surface area (Å²) in [6.07, 6.45) is 3.27. The Kier molecular flexibility index (Phi) is 6.08. The molecule has 2 heterocycles. The molecule has 1 aliphatic carbocycles. The number of benzene rings is 2. The molecule has 6 atom stereocenters. The Morgan fingerprint density at radius 2 is 1.85 bits per heavy atom. The number of rotatable bonds is 3. The van der Waals surface area contributed by atoms with Gasteiger partial charge in [-0.3, -0.25) is 9.59 Å². The Morgan fingerprint density at radius 3 is 2.58 bits per heavy atom. The van der Waals surface area contributed by atoms with Gasteiger partial charge in [-0.25, -0.2) is 9.40 Å². The van der Waals surface area contributed by atoms with E-state index >= 15 is 0 Å². The maximum Gasteiger partial charge on any atom is 0.240 e. The maximum atomic E-state index is 14.7. The van der Waals surface area contributed by atoms with Crippen molar-refractivity contribution in [1.82, 2.24) is 10.3 Å². The molecule has 0 aromatic heterocycles. The van der Waals surface area contributed by atoms with E-state index in [0.717, 1.165) is 24.8 Å². The Morgan fingerprint density at radius 1 is 1.12 bits per heavy atom. The van der Waals surface area contributed by atoms with E-state index in [-0.39, 0.29) is 35.5 Å². The van der Waals surface area contributed by atoms with Gasteiger partial charge < -0.3 is 5.32 Å². The van der Waals surface area contributed by atoms with Gasteiger partial charge in [-0.05, 0) is 36.8 Å². The van der Waals surface area contributed by atoms with Crippen molar-refractivity contribution in [3.05, 3.63) is 71.5 Å². The topological polar surface area (TPSA) is 61.8 Å². The summed E-state index contributed by atoms with van der Waals surface area (Å²) in [6, 6.07) is 16.2. The fourth-order valence-corrected chi connectivity index (χ4v) is 6.58. The van der Waals surface area contributed by atoms with Gasteiger partial charge in [0.15, 0.2) is 0 Å². The average molecular weight is 512 g/mol. The summed E-state index contributed by atoms with van der Waals surface area (Å²) in [7, 11) is 0. The van der Waals surface area contributed by atoms with Gasteiger partial charge in [-0.15, -0.1) is 0 Å². The number of carbonyl (C=O) groups excluding carboxylic acids is 2. The van der Waals surface area contributed by atoms with Gasteiger partial charge in [-0.1, -0.05) is 64.5 Å². The molecule has 7 heteroatoms. The molecule has 6 unspecified atom stereocenters. The second kappa shape index (κ2) is 9.01. The molecule has 33 heavy (non-hydrogen) atoms. The molecule has 1 saturated heterocycles. The number of carbonyl (C=O) groups is 2. The summed E-state index contributed by atoms with van der Waals surface area (Å²) in [5.74, 6) is -0.958. The van der Waals surface area contributed by atoms with Crippen LogP contribution >= 0.6 is 15.9 Å². The molecule has 0 radical (unpaired) electrons. The van der Waals surface area contributed by atoms with Crippen LogP contribution in [0.25, 0.3) is 0 Å². The Balaban J connectivity index is 1.56. The lowest BCUT2D eigenvalue weighted by molar-refractivity contribution is -0.131. The van der Waals surface area contributed by atoms with Crippen molar-refractivity contribution in [3.8, 4) is 0 Å². The van der Waals surface area contributed by atoms with Crippen LogP contribution in [0.3, 0.4) is 0 Å². The van der Waals surface area contributed by atoms with Crippen LogP contribution in [0.2, 0.25) is 0 Å². The predicted molar refractivity (Wildman–Crippen MR) is 128 cm³/mol. The van der Waals surface area contributed by atoms with E-state index in [0.29, 0.717) is 22.5 Å². The molecule has 172 valence electrons. The van der Waals surface area contributed by atoms with Crippen molar-refractivity contribution in [2.75, 3.05) is 0 Å². The molecule has 2 aromatic carbocycles. The molecule has 0 bridgehead atoms. The van der Waals surface area contributed by atoms with Gasteiger partial charge in [0, 0.05) is 35.7 Å². The van der Waals surface area contributed by atoms with Gasteiger partial charge >= 0.3 is 0 Å². The number of hydrogen-bond acceptors (Lipinski definition) is 3. The third-order valence-corrected chi connectivity index (χ3v) is 8.16. The molecule has 1 N–H and O–H groups in total. The van der Waals surface area contributed by atoms with E-state index in [4.69, 9.17) is 0 Å². The Labute approximate surface area is 201 Å². The van der Waals surface area contributed by atoms with Crippen LogP contribution in [0.15, 0.2) is 59.7 Å². The first-order chi connectivity index (χ1) is 15.9. The van der Waals surface area contributed by atoms with Gasteiger partial charge in [0.25, 0.3) is 0 Å². The van der Waals surface area contributed by atoms with E-state index in [1.165, 1.54) is 18.0 Å². The van der Waals surface area contributed by atoms with Crippen LogP contribution in [-0.2, 0) is 9.59 Å². The standard InChI is InChI=1S/C26H27BrFN3O2/c1-15(32)31-23(18-9-5-6-10-20(18)28)14-22(30-31)25-24(16-7-3-2-4-8-16)19-13-17(27)11-12-21(19)29-26(25)33/h2-10,17,19,21,23-25H,11-14H2,1H3,(H,29,33). The number of halogens is 2. The third kappa shape index (κ3) is 4.12. The highest BCUT2D eigenvalue weighted by atomic mass is 79.9. The summed E-state index contributed by atoms with van der Waals surface area (Å²) in [5, 5.41) is 9.26. The molecule has 5 nitrogen and oxygen atoms in total. The zero-order valence-electron chi connectivity index (χ0n) is 18.5. The molecule has 2 amide bonds. The number of fused-ring (bicyclic) bond motifs is 1. The van der Waals surface area contributed by atoms with Gasteiger partial charge in [0.05, 0.1) is 17.7 Å². The number of nitrogens with one attached hydrogen (secondary N) is 1. The fourth-order valence-electron chi connectivity index (χ4n) is 5.88. The highest BCUT2D eigenvalue weighted by Crippen LogP contribution is 2.48. The number of alkyl halides is 1. The summed E-state index contributed by atoms with van der Waals surface area (Å²) in [6.45, 7) is 1.43. The molecular formula is C26H27BrFN3O2. The number of hydrogen-bond donors (Lipinski definition) is 1. The van der Waals surface area contributed by atoms with Crippen LogP contribution < -0.4 is 5.32 Å². The van der Waals surface area contributed by atoms with Crippen LogP contribution in [0.4, 0.5) is 4.39 Å². The Hall–Kier alpha value is -2.54. The molecule has 0 spiro atoms. The monoisotopic (exact) mass is 511 g/mol. The smallest absolute Gasteiger partial charge is 0.240 e. The first-order valence-corrected chi connectivity index (χ1v) is 12.5. The average Bonchev–Trinajstić information content (AvgIpc) is 3.24.